The van der Waals surface area contributed by atoms with E-state index in [2.05, 4.69) is 15.3 Å². The highest BCUT2D eigenvalue weighted by molar-refractivity contribution is 7.90. The number of anilines is 2. The lowest BCUT2D eigenvalue weighted by atomic mass is 10.1. The number of para-hydroxylation sites is 2. The maximum absolute atomic E-state index is 13.3. The van der Waals surface area contributed by atoms with Gasteiger partial charge in [-0.25, -0.2) is 18.4 Å². The van der Waals surface area contributed by atoms with Crippen LogP contribution in [0.2, 0.25) is 0 Å². The minimum absolute atomic E-state index is 0.0780. The number of aromatic nitrogens is 2. The van der Waals surface area contributed by atoms with Crippen molar-refractivity contribution in [1.29, 1.82) is 0 Å². The monoisotopic (exact) mass is 492 g/mol. The van der Waals surface area contributed by atoms with Crippen molar-refractivity contribution in [2.75, 3.05) is 23.6 Å². The normalized spacial score (nSPS) is 11.1. The predicted molar refractivity (Wildman–Crippen MR) is 131 cm³/mol. The SMILES string of the molecule is COc1ccccc1CN(Cc1ccco1)c1cnc(S(C)(=O)=O)nc1C(=O)Nc1ccccc1. The minimum Gasteiger partial charge on any atom is -0.496 e. The molecular weight excluding hydrogens is 468 g/mol. The third-order valence-corrected chi connectivity index (χ3v) is 6.01. The summed E-state index contributed by atoms with van der Waals surface area (Å²) in [7, 11) is -2.17. The molecule has 0 unspecified atom stereocenters. The van der Waals surface area contributed by atoms with E-state index < -0.39 is 20.9 Å². The Hall–Kier alpha value is -4.18. The van der Waals surface area contributed by atoms with E-state index in [0.717, 1.165) is 11.8 Å². The zero-order chi connectivity index (χ0) is 24.8. The van der Waals surface area contributed by atoms with E-state index in [1.54, 1.807) is 43.7 Å². The first-order chi connectivity index (χ1) is 16.8. The molecule has 0 aliphatic rings. The smallest absolute Gasteiger partial charge is 0.276 e. The Morgan fingerprint density at radius 1 is 1.03 bits per heavy atom. The molecule has 2 aromatic heterocycles. The number of benzene rings is 2. The lowest BCUT2D eigenvalue weighted by Gasteiger charge is -2.26. The highest BCUT2D eigenvalue weighted by atomic mass is 32.2. The van der Waals surface area contributed by atoms with Gasteiger partial charge in [-0.2, -0.15) is 0 Å². The molecule has 0 saturated carbocycles. The summed E-state index contributed by atoms with van der Waals surface area (Å²) in [5.74, 6) is 0.741. The Morgan fingerprint density at radius 2 is 1.77 bits per heavy atom. The third-order valence-electron chi connectivity index (χ3n) is 5.15. The van der Waals surface area contributed by atoms with Crippen molar-refractivity contribution in [3.05, 3.63) is 96.2 Å². The Labute approximate surface area is 203 Å². The first kappa shape index (κ1) is 24.0. The molecule has 4 rings (SSSR count). The van der Waals surface area contributed by atoms with Crippen LogP contribution in [0.1, 0.15) is 21.8 Å². The van der Waals surface area contributed by atoms with Crippen molar-refractivity contribution in [2.45, 2.75) is 18.2 Å². The number of furan rings is 1. The Kier molecular flexibility index (Phi) is 7.11. The van der Waals surface area contributed by atoms with Gasteiger partial charge < -0.3 is 19.4 Å². The van der Waals surface area contributed by atoms with Crippen LogP contribution >= 0.6 is 0 Å². The number of carbonyl (C=O) groups is 1. The van der Waals surface area contributed by atoms with Crippen LogP contribution in [0.25, 0.3) is 0 Å². The predicted octanol–water partition coefficient (Wildman–Crippen LogP) is 3.94. The molecule has 4 aromatic rings. The largest absolute Gasteiger partial charge is 0.496 e. The van der Waals surface area contributed by atoms with E-state index in [-0.39, 0.29) is 12.2 Å². The van der Waals surface area contributed by atoms with Crippen molar-refractivity contribution < 1.29 is 22.4 Å². The standard InChI is InChI=1S/C25H24N4O5S/c1-33-22-13-7-6-9-18(22)16-29(17-20-12-8-14-34-20)21-15-26-25(35(2,31)32)28-23(21)24(30)27-19-10-4-3-5-11-19/h3-15H,16-17H2,1-2H3,(H,27,30). The number of nitrogens with one attached hydrogen (secondary N) is 1. The molecular formula is C25H24N4O5S. The minimum atomic E-state index is -3.75. The molecule has 10 heteroatoms. The second kappa shape index (κ2) is 10.4. The maximum atomic E-state index is 13.3. The zero-order valence-corrected chi connectivity index (χ0v) is 20.0. The molecule has 2 heterocycles. The van der Waals surface area contributed by atoms with Gasteiger partial charge in [0.25, 0.3) is 5.91 Å². The first-order valence-electron chi connectivity index (χ1n) is 10.7. The Morgan fingerprint density at radius 3 is 2.46 bits per heavy atom. The lowest BCUT2D eigenvalue weighted by Crippen LogP contribution is -2.27. The summed E-state index contributed by atoms with van der Waals surface area (Å²) in [6.45, 7) is 0.593. The maximum Gasteiger partial charge on any atom is 0.276 e. The van der Waals surface area contributed by atoms with E-state index >= 15 is 0 Å². The third kappa shape index (κ3) is 5.85. The average molecular weight is 493 g/mol. The number of sulfone groups is 1. The van der Waals surface area contributed by atoms with E-state index in [1.807, 2.05) is 41.3 Å². The summed E-state index contributed by atoms with van der Waals surface area (Å²) >= 11 is 0. The molecule has 0 bridgehead atoms. The van der Waals surface area contributed by atoms with Crippen LogP contribution in [0.5, 0.6) is 5.75 Å². The van der Waals surface area contributed by atoms with Crippen molar-refractivity contribution in [3.8, 4) is 5.75 Å². The average Bonchev–Trinajstić information content (AvgIpc) is 3.37. The summed E-state index contributed by atoms with van der Waals surface area (Å²) in [6, 6.07) is 19.9. The molecule has 1 N–H and O–H groups in total. The zero-order valence-electron chi connectivity index (χ0n) is 19.2. The molecule has 9 nitrogen and oxygen atoms in total. The molecule has 0 aliphatic carbocycles. The van der Waals surface area contributed by atoms with Crippen LogP contribution < -0.4 is 15.0 Å². The summed E-state index contributed by atoms with van der Waals surface area (Å²) < 4.78 is 35.4. The molecule has 0 fully saturated rings. The number of ether oxygens (including phenoxy) is 1. The molecule has 180 valence electrons. The van der Waals surface area contributed by atoms with Crippen LogP contribution in [-0.4, -0.2) is 37.7 Å². The second-order valence-electron chi connectivity index (χ2n) is 7.73. The first-order valence-corrected chi connectivity index (χ1v) is 12.6. The number of carbonyl (C=O) groups excluding carboxylic acids is 1. The lowest BCUT2D eigenvalue weighted by molar-refractivity contribution is 0.102. The number of methoxy groups -OCH3 is 1. The van der Waals surface area contributed by atoms with Gasteiger partial charge in [-0.3, -0.25) is 4.79 Å². The van der Waals surface area contributed by atoms with Gasteiger partial charge >= 0.3 is 0 Å². The van der Waals surface area contributed by atoms with Gasteiger partial charge in [-0.1, -0.05) is 36.4 Å². The topological polar surface area (TPSA) is 115 Å². The van der Waals surface area contributed by atoms with Gasteiger partial charge in [0.2, 0.25) is 15.0 Å². The van der Waals surface area contributed by atoms with E-state index in [0.29, 0.717) is 29.4 Å². The van der Waals surface area contributed by atoms with Crippen LogP contribution in [0.3, 0.4) is 0 Å². The van der Waals surface area contributed by atoms with Gasteiger partial charge in [0, 0.05) is 24.1 Å². The number of nitrogens with zero attached hydrogens (tertiary/aromatic N) is 3. The quantitative estimate of drug-likeness (QED) is 0.350. The van der Waals surface area contributed by atoms with Crippen molar-refractivity contribution in [3.63, 3.8) is 0 Å². The Bertz CT molecular complexity index is 1410. The molecule has 2 aromatic carbocycles. The van der Waals surface area contributed by atoms with Crippen molar-refractivity contribution >= 4 is 27.1 Å². The van der Waals surface area contributed by atoms with Crippen LogP contribution in [0.15, 0.2) is 88.8 Å². The fourth-order valence-corrected chi connectivity index (χ4v) is 4.01. The molecule has 0 spiro atoms. The molecule has 0 aliphatic heterocycles. The van der Waals surface area contributed by atoms with E-state index in [4.69, 9.17) is 9.15 Å². The van der Waals surface area contributed by atoms with E-state index in [1.165, 1.54) is 6.20 Å². The number of hydrogen-bond donors (Lipinski definition) is 1. The molecule has 0 atom stereocenters. The van der Waals surface area contributed by atoms with E-state index in [9.17, 15) is 13.2 Å². The van der Waals surface area contributed by atoms with Gasteiger partial charge in [-0.15, -0.1) is 0 Å². The molecule has 1 amide bonds. The van der Waals surface area contributed by atoms with Gasteiger partial charge in [0.1, 0.15) is 11.5 Å². The summed E-state index contributed by atoms with van der Waals surface area (Å²) in [4.78, 5) is 23.4. The molecule has 0 saturated heterocycles. The number of hydrogen-bond acceptors (Lipinski definition) is 8. The van der Waals surface area contributed by atoms with Crippen LogP contribution in [-0.2, 0) is 22.9 Å². The van der Waals surface area contributed by atoms with Crippen molar-refractivity contribution in [2.24, 2.45) is 0 Å². The second-order valence-corrected chi connectivity index (χ2v) is 9.64. The van der Waals surface area contributed by atoms with Gasteiger partial charge in [0.15, 0.2) is 5.69 Å². The summed E-state index contributed by atoms with van der Waals surface area (Å²) in [6.07, 6.45) is 3.90. The van der Waals surface area contributed by atoms with Crippen LogP contribution in [0, 0.1) is 0 Å². The van der Waals surface area contributed by atoms with Gasteiger partial charge in [-0.05, 0) is 30.3 Å². The number of rotatable bonds is 9. The highest BCUT2D eigenvalue weighted by Crippen LogP contribution is 2.28. The highest BCUT2D eigenvalue weighted by Gasteiger charge is 2.25. The summed E-state index contributed by atoms with van der Waals surface area (Å²) in [5.41, 5.74) is 1.66. The summed E-state index contributed by atoms with van der Waals surface area (Å²) in [5, 5.41) is 2.34. The number of amides is 1. The van der Waals surface area contributed by atoms with Crippen LogP contribution in [0.4, 0.5) is 11.4 Å². The fraction of sp³-hybridized carbons (Fsp3) is 0.160. The van der Waals surface area contributed by atoms with Gasteiger partial charge in [0.05, 0.1) is 31.8 Å². The molecule has 35 heavy (non-hydrogen) atoms. The fourth-order valence-electron chi connectivity index (χ4n) is 3.50. The Balaban J connectivity index is 1.80. The van der Waals surface area contributed by atoms with Crippen molar-refractivity contribution in [1.82, 2.24) is 9.97 Å². The molecule has 0 radical (unpaired) electrons.